The summed E-state index contributed by atoms with van der Waals surface area (Å²) in [4.78, 5) is 17.8. The monoisotopic (exact) mass is 254 g/mol. The second-order valence-electron chi connectivity index (χ2n) is 3.79. The Kier molecular flexibility index (Phi) is 5.24. The van der Waals surface area contributed by atoms with Crippen molar-refractivity contribution in [2.45, 2.75) is 13.0 Å². The van der Waals surface area contributed by atoms with E-state index in [1.165, 1.54) is 0 Å². The third-order valence-electron chi connectivity index (χ3n) is 2.54. The molecule has 0 aliphatic rings. The summed E-state index contributed by atoms with van der Waals surface area (Å²) in [5, 5.41) is 0. The van der Waals surface area contributed by atoms with Gasteiger partial charge < -0.3 is 10.3 Å². The first-order chi connectivity index (χ1) is 8.10. The van der Waals surface area contributed by atoms with Crippen molar-refractivity contribution >= 4 is 23.5 Å². The van der Waals surface area contributed by atoms with Crippen molar-refractivity contribution in [1.29, 1.82) is 0 Å². The fourth-order valence-corrected chi connectivity index (χ4v) is 2.11. The number of aromatic nitrogens is 1. The molecule has 0 bridgehead atoms. The molecule has 0 spiro atoms. The van der Waals surface area contributed by atoms with Crippen LogP contribution in [0, 0.1) is 0 Å². The van der Waals surface area contributed by atoms with Gasteiger partial charge in [-0.15, -0.1) is 0 Å². The van der Waals surface area contributed by atoms with Gasteiger partial charge in [-0.1, -0.05) is 0 Å². The van der Waals surface area contributed by atoms with Crippen molar-refractivity contribution in [3.05, 3.63) is 23.9 Å². The van der Waals surface area contributed by atoms with Gasteiger partial charge in [-0.2, -0.15) is 11.8 Å². The summed E-state index contributed by atoms with van der Waals surface area (Å²) in [6.07, 6.45) is 3.59. The number of pyridine rings is 1. The van der Waals surface area contributed by atoms with Gasteiger partial charge in [-0.3, -0.25) is 4.79 Å². The van der Waals surface area contributed by atoms with Gasteiger partial charge in [0.2, 0.25) is 0 Å². The van der Waals surface area contributed by atoms with E-state index in [-0.39, 0.29) is 11.9 Å². The van der Waals surface area contributed by atoms with Crippen molar-refractivity contribution in [2.24, 2.45) is 5.84 Å². The summed E-state index contributed by atoms with van der Waals surface area (Å²) < 4.78 is 0. The third-order valence-corrected chi connectivity index (χ3v) is 3.36. The van der Waals surface area contributed by atoms with Gasteiger partial charge in [0.1, 0.15) is 5.82 Å². The lowest BCUT2D eigenvalue weighted by atomic mass is 10.2. The molecule has 94 valence electrons. The Balaban J connectivity index is 2.80. The summed E-state index contributed by atoms with van der Waals surface area (Å²) in [6.45, 7) is 2.03. The number of thioether (sulfide) groups is 1. The normalized spacial score (nSPS) is 12.0. The Labute approximate surface area is 106 Å². The summed E-state index contributed by atoms with van der Waals surface area (Å²) in [6, 6.07) is 3.52. The van der Waals surface area contributed by atoms with E-state index in [0.717, 1.165) is 5.75 Å². The van der Waals surface area contributed by atoms with Gasteiger partial charge in [-0.25, -0.2) is 10.8 Å². The number of carbonyl (C=O) groups is 1. The van der Waals surface area contributed by atoms with Crippen LogP contribution in [0.2, 0.25) is 0 Å². The van der Waals surface area contributed by atoms with E-state index in [2.05, 4.69) is 10.4 Å². The molecule has 0 saturated heterocycles. The number of nitrogens with one attached hydrogen (secondary N) is 1. The molecule has 1 atom stereocenters. The van der Waals surface area contributed by atoms with Crippen molar-refractivity contribution in [3.8, 4) is 0 Å². The maximum atomic E-state index is 12.1. The molecule has 1 rings (SSSR count). The van der Waals surface area contributed by atoms with Crippen LogP contribution in [-0.2, 0) is 0 Å². The molecule has 17 heavy (non-hydrogen) atoms. The molecular formula is C11H18N4OS. The fraction of sp³-hybridized carbons (Fsp3) is 0.455. The molecule has 0 radical (unpaired) electrons. The molecular weight excluding hydrogens is 236 g/mol. The predicted molar refractivity (Wildman–Crippen MR) is 72.0 cm³/mol. The second kappa shape index (κ2) is 6.46. The molecule has 1 amide bonds. The minimum absolute atomic E-state index is 0.0227. The number of hydrogen-bond donors (Lipinski definition) is 2. The van der Waals surface area contributed by atoms with Gasteiger partial charge in [0.25, 0.3) is 5.91 Å². The maximum absolute atomic E-state index is 12.1. The minimum atomic E-state index is -0.0227. The molecule has 0 saturated carbocycles. The SMILES string of the molecule is CSCC(C)N(C)C(=O)c1ccnc(NN)c1. The molecule has 1 aromatic heterocycles. The topological polar surface area (TPSA) is 71.2 Å². The standard InChI is InChI=1S/C11H18N4OS/c1-8(7-17-3)15(2)11(16)9-4-5-13-10(6-9)14-12/h4-6,8H,7,12H2,1-3H3,(H,13,14). The molecule has 0 fully saturated rings. The second-order valence-corrected chi connectivity index (χ2v) is 4.71. The predicted octanol–water partition coefficient (Wildman–Crippen LogP) is 1.19. The van der Waals surface area contributed by atoms with E-state index in [9.17, 15) is 4.79 Å². The number of nitrogens with two attached hydrogens (primary N) is 1. The van der Waals surface area contributed by atoms with Crippen molar-refractivity contribution in [3.63, 3.8) is 0 Å². The van der Waals surface area contributed by atoms with Crippen LogP contribution in [0.5, 0.6) is 0 Å². The molecule has 5 nitrogen and oxygen atoms in total. The number of rotatable bonds is 5. The molecule has 0 aliphatic heterocycles. The third kappa shape index (κ3) is 3.61. The van der Waals surface area contributed by atoms with Gasteiger partial charge in [0.15, 0.2) is 0 Å². The Bertz CT molecular complexity index is 385. The first-order valence-electron chi connectivity index (χ1n) is 5.29. The number of carbonyl (C=O) groups excluding carboxylic acids is 1. The van der Waals surface area contributed by atoms with Crippen LogP contribution in [0.15, 0.2) is 18.3 Å². The molecule has 1 aromatic rings. The fourth-order valence-electron chi connectivity index (χ4n) is 1.40. The lowest BCUT2D eigenvalue weighted by Crippen LogP contribution is -2.36. The lowest BCUT2D eigenvalue weighted by molar-refractivity contribution is 0.0757. The Hall–Kier alpha value is -1.27. The van der Waals surface area contributed by atoms with Crippen molar-refractivity contribution in [1.82, 2.24) is 9.88 Å². The molecule has 6 heteroatoms. The van der Waals surface area contributed by atoms with Crippen LogP contribution in [0.3, 0.4) is 0 Å². The highest BCUT2D eigenvalue weighted by atomic mass is 32.2. The highest BCUT2D eigenvalue weighted by Crippen LogP contribution is 2.11. The van der Waals surface area contributed by atoms with E-state index < -0.39 is 0 Å². The molecule has 1 heterocycles. The number of nitrogen functional groups attached to an aromatic ring is 1. The van der Waals surface area contributed by atoms with Crippen LogP contribution in [-0.4, -0.2) is 40.9 Å². The summed E-state index contributed by atoms with van der Waals surface area (Å²) in [7, 11) is 1.80. The van der Waals surface area contributed by atoms with E-state index >= 15 is 0 Å². The first kappa shape index (κ1) is 13.8. The summed E-state index contributed by atoms with van der Waals surface area (Å²) in [5.41, 5.74) is 3.02. The highest BCUT2D eigenvalue weighted by Gasteiger charge is 2.17. The van der Waals surface area contributed by atoms with Gasteiger partial charge in [-0.05, 0) is 25.3 Å². The van der Waals surface area contributed by atoms with Gasteiger partial charge in [0.05, 0.1) is 0 Å². The molecule has 0 aliphatic carbocycles. The largest absolute Gasteiger partial charge is 0.338 e. The zero-order valence-corrected chi connectivity index (χ0v) is 11.1. The number of hydrazine groups is 1. The molecule has 0 aromatic carbocycles. The van der Waals surface area contributed by atoms with E-state index in [0.29, 0.717) is 11.4 Å². The van der Waals surface area contributed by atoms with E-state index in [1.807, 2.05) is 13.2 Å². The average molecular weight is 254 g/mol. The first-order valence-corrected chi connectivity index (χ1v) is 6.68. The Morgan fingerprint density at radius 2 is 2.41 bits per heavy atom. The van der Waals surface area contributed by atoms with Crippen molar-refractivity contribution < 1.29 is 4.79 Å². The van der Waals surface area contributed by atoms with Crippen LogP contribution >= 0.6 is 11.8 Å². The van der Waals surface area contributed by atoms with E-state index in [1.54, 1.807) is 42.0 Å². The number of nitrogens with zero attached hydrogens (tertiary/aromatic N) is 2. The van der Waals surface area contributed by atoms with Crippen LogP contribution in [0.1, 0.15) is 17.3 Å². The van der Waals surface area contributed by atoms with Crippen LogP contribution < -0.4 is 11.3 Å². The zero-order chi connectivity index (χ0) is 12.8. The Morgan fingerprint density at radius 1 is 1.71 bits per heavy atom. The summed E-state index contributed by atoms with van der Waals surface area (Å²) >= 11 is 1.72. The number of anilines is 1. The number of hydrogen-bond acceptors (Lipinski definition) is 5. The maximum Gasteiger partial charge on any atom is 0.254 e. The summed E-state index contributed by atoms with van der Waals surface area (Å²) in [5.74, 6) is 6.64. The van der Waals surface area contributed by atoms with Gasteiger partial charge >= 0.3 is 0 Å². The zero-order valence-electron chi connectivity index (χ0n) is 10.3. The van der Waals surface area contributed by atoms with Crippen molar-refractivity contribution in [2.75, 3.05) is 24.5 Å². The van der Waals surface area contributed by atoms with Gasteiger partial charge in [0, 0.05) is 30.6 Å². The lowest BCUT2D eigenvalue weighted by Gasteiger charge is -2.24. The smallest absolute Gasteiger partial charge is 0.254 e. The highest BCUT2D eigenvalue weighted by molar-refractivity contribution is 7.98. The number of amides is 1. The van der Waals surface area contributed by atoms with Crippen LogP contribution in [0.4, 0.5) is 5.82 Å². The minimum Gasteiger partial charge on any atom is -0.338 e. The molecule has 3 N–H and O–H groups in total. The Morgan fingerprint density at radius 3 is 3.00 bits per heavy atom. The molecule has 1 unspecified atom stereocenters. The van der Waals surface area contributed by atoms with Crippen LogP contribution in [0.25, 0.3) is 0 Å². The average Bonchev–Trinajstić information content (AvgIpc) is 2.37. The van der Waals surface area contributed by atoms with E-state index in [4.69, 9.17) is 5.84 Å². The quantitative estimate of drug-likeness (QED) is 0.610.